The van der Waals surface area contributed by atoms with Gasteiger partial charge in [-0.15, -0.1) is 0 Å². The van der Waals surface area contributed by atoms with Crippen molar-refractivity contribution in [1.82, 2.24) is 4.57 Å². The molecule has 19 heavy (non-hydrogen) atoms. The first kappa shape index (κ1) is 13.1. The van der Waals surface area contributed by atoms with Crippen LogP contribution in [0.3, 0.4) is 0 Å². The molecule has 2 rings (SSSR count). The van der Waals surface area contributed by atoms with Gasteiger partial charge in [0.2, 0.25) is 5.56 Å². The average molecular weight is 262 g/mol. The van der Waals surface area contributed by atoms with Gasteiger partial charge in [0.05, 0.1) is 11.7 Å². The predicted octanol–water partition coefficient (Wildman–Crippen LogP) is 2.40. The molecule has 2 aromatic rings. The third-order valence-electron chi connectivity index (χ3n) is 2.93. The Morgan fingerprint density at radius 2 is 2.05 bits per heavy atom. The van der Waals surface area contributed by atoms with Gasteiger partial charge >= 0.3 is 0 Å². The molecule has 0 saturated carbocycles. The van der Waals surface area contributed by atoms with Crippen molar-refractivity contribution in [2.45, 2.75) is 13.0 Å². The van der Waals surface area contributed by atoms with Crippen molar-refractivity contribution >= 4 is 5.69 Å². The van der Waals surface area contributed by atoms with Crippen molar-refractivity contribution < 1.29 is 9.50 Å². The van der Waals surface area contributed by atoms with Crippen molar-refractivity contribution in [3.63, 3.8) is 0 Å². The van der Waals surface area contributed by atoms with Gasteiger partial charge in [0, 0.05) is 30.9 Å². The van der Waals surface area contributed by atoms with Gasteiger partial charge in [-0.05, 0) is 19.1 Å². The number of benzene rings is 1. The minimum atomic E-state index is -0.476. The number of halogens is 1. The topological polar surface area (TPSA) is 54.3 Å². The number of aryl methyl sites for hydroxylation is 1. The monoisotopic (exact) mass is 262 g/mol. The highest BCUT2D eigenvalue weighted by Gasteiger charge is 2.11. The zero-order valence-electron chi connectivity index (χ0n) is 10.7. The number of nitrogens with one attached hydrogen (secondary N) is 1. The molecule has 0 aliphatic heterocycles. The van der Waals surface area contributed by atoms with Crippen molar-refractivity contribution in [2.24, 2.45) is 7.05 Å². The van der Waals surface area contributed by atoms with Crippen LogP contribution in [-0.4, -0.2) is 9.67 Å². The minimum Gasteiger partial charge on any atom is -0.507 e. The molecule has 0 aliphatic carbocycles. The van der Waals surface area contributed by atoms with E-state index in [1.165, 1.54) is 22.8 Å². The molecule has 1 aromatic carbocycles. The summed E-state index contributed by atoms with van der Waals surface area (Å²) in [5.41, 5.74) is 1.25. The van der Waals surface area contributed by atoms with Gasteiger partial charge in [0.25, 0.3) is 0 Å². The van der Waals surface area contributed by atoms with E-state index in [0.29, 0.717) is 5.56 Å². The highest BCUT2D eigenvalue weighted by molar-refractivity contribution is 5.45. The molecular weight excluding hydrogens is 247 g/mol. The lowest BCUT2D eigenvalue weighted by atomic mass is 10.1. The molecule has 1 atom stereocenters. The maximum absolute atomic E-state index is 12.9. The number of hydrogen-bond donors (Lipinski definition) is 2. The fourth-order valence-corrected chi connectivity index (χ4v) is 1.89. The molecule has 100 valence electrons. The summed E-state index contributed by atoms with van der Waals surface area (Å²) in [4.78, 5) is 11.3. The summed E-state index contributed by atoms with van der Waals surface area (Å²) in [5, 5.41) is 12.8. The number of anilines is 1. The second kappa shape index (κ2) is 5.14. The quantitative estimate of drug-likeness (QED) is 0.893. The van der Waals surface area contributed by atoms with Crippen molar-refractivity contribution in [2.75, 3.05) is 5.32 Å². The number of aromatic hydroxyl groups is 1. The molecule has 2 N–H and O–H groups in total. The fraction of sp³-hybridized carbons (Fsp3) is 0.214. The third kappa shape index (κ3) is 2.93. The van der Waals surface area contributed by atoms with Gasteiger partial charge in [0.1, 0.15) is 11.6 Å². The van der Waals surface area contributed by atoms with Crippen molar-refractivity contribution in [3.05, 3.63) is 58.3 Å². The smallest absolute Gasteiger partial charge is 0.250 e. The second-order valence-corrected chi connectivity index (χ2v) is 4.44. The van der Waals surface area contributed by atoms with E-state index in [1.807, 2.05) is 6.92 Å². The van der Waals surface area contributed by atoms with Crippen LogP contribution in [0.2, 0.25) is 0 Å². The van der Waals surface area contributed by atoms with Crippen LogP contribution < -0.4 is 10.9 Å². The molecule has 5 heteroatoms. The maximum Gasteiger partial charge on any atom is 0.250 e. The first-order valence-electron chi connectivity index (χ1n) is 5.89. The highest BCUT2D eigenvalue weighted by atomic mass is 19.1. The minimum absolute atomic E-state index is 0.0928. The summed E-state index contributed by atoms with van der Waals surface area (Å²) in [6.07, 6.45) is 1.67. The molecule has 0 fully saturated rings. The molecule has 1 aromatic heterocycles. The molecule has 1 unspecified atom stereocenters. The Morgan fingerprint density at radius 3 is 2.68 bits per heavy atom. The van der Waals surface area contributed by atoms with E-state index in [1.54, 1.807) is 19.3 Å². The van der Waals surface area contributed by atoms with Gasteiger partial charge < -0.3 is 15.0 Å². The highest BCUT2D eigenvalue weighted by Crippen LogP contribution is 2.27. The lowest BCUT2D eigenvalue weighted by molar-refractivity contribution is 0.459. The largest absolute Gasteiger partial charge is 0.507 e. The van der Waals surface area contributed by atoms with Gasteiger partial charge in [-0.1, -0.05) is 6.07 Å². The number of phenols is 1. The number of hydrogen-bond acceptors (Lipinski definition) is 3. The Morgan fingerprint density at radius 1 is 1.32 bits per heavy atom. The fourth-order valence-electron chi connectivity index (χ4n) is 1.89. The summed E-state index contributed by atoms with van der Waals surface area (Å²) < 4.78 is 14.4. The standard InChI is InChI=1S/C14H15FN2O2/c1-9(12-5-3-10(15)7-13(12)18)16-11-4-6-14(19)17(2)8-11/h3-9,16,18H,1-2H3. The van der Waals surface area contributed by atoms with E-state index in [9.17, 15) is 14.3 Å². The van der Waals surface area contributed by atoms with Crippen LogP contribution >= 0.6 is 0 Å². The molecule has 1 heterocycles. The Hall–Kier alpha value is -2.30. The summed E-state index contributed by atoms with van der Waals surface area (Å²) in [6, 6.07) is 6.82. The average Bonchev–Trinajstić information content (AvgIpc) is 2.33. The number of rotatable bonds is 3. The number of phenolic OH excluding ortho intramolecular Hbond substituents is 1. The second-order valence-electron chi connectivity index (χ2n) is 4.44. The van der Waals surface area contributed by atoms with Gasteiger partial charge in [-0.3, -0.25) is 4.79 Å². The Balaban J connectivity index is 2.22. The number of nitrogens with zero attached hydrogens (tertiary/aromatic N) is 1. The van der Waals surface area contributed by atoms with Crippen LogP contribution in [0, 0.1) is 5.82 Å². The first-order chi connectivity index (χ1) is 8.97. The van der Waals surface area contributed by atoms with Crippen molar-refractivity contribution in [3.8, 4) is 5.75 Å². The summed E-state index contributed by atoms with van der Waals surface area (Å²) >= 11 is 0. The summed E-state index contributed by atoms with van der Waals surface area (Å²) in [5.74, 6) is -0.569. The van der Waals surface area contributed by atoms with Gasteiger partial charge in [0.15, 0.2) is 0 Å². The predicted molar refractivity (Wildman–Crippen MR) is 71.8 cm³/mol. The lowest BCUT2D eigenvalue weighted by Gasteiger charge is -2.17. The van der Waals surface area contributed by atoms with Crippen LogP contribution in [0.15, 0.2) is 41.3 Å². The normalized spacial score (nSPS) is 12.2. The van der Waals surface area contributed by atoms with E-state index in [4.69, 9.17) is 0 Å². The molecule has 4 nitrogen and oxygen atoms in total. The van der Waals surface area contributed by atoms with Crippen LogP contribution in [0.25, 0.3) is 0 Å². The van der Waals surface area contributed by atoms with Crippen LogP contribution in [0.1, 0.15) is 18.5 Å². The van der Waals surface area contributed by atoms with Crippen molar-refractivity contribution in [1.29, 1.82) is 0 Å². The van der Waals surface area contributed by atoms with E-state index in [0.717, 1.165) is 11.8 Å². The zero-order valence-corrected chi connectivity index (χ0v) is 10.7. The Bertz CT molecular complexity index is 652. The molecule has 0 spiro atoms. The SMILES string of the molecule is CC(Nc1ccc(=O)n(C)c1)c1ccc(F)cc1O. The molecule has 0 radical (unpaired) electrons. The summed E-state index contributed by atoms with van der Waals surface area (Å²) in [6.45, 7) is 1.85. The third-order valence-corrected chi connectivity index (χ3v) is 2.93. The molecule has 0 aliphatic rings. The van der Waals surface area contributed by atoms with Crippen LogP contribution in [0.4, 0.5) is 10.1 Å². The Labute approximate surface area is 110 Å². The zero-order chi connectivity index (χ0) is 14.0. The number of pyridine rings is 1. The molecular formula is C14H15FN2O2. The molecule has 0 amide bonds. The van der Waals surface area contributed by atoms with Gasteiger partial charge in [-0.2, -0.15) is 0 Å². The van der Waals surface area contributed by atoms with E-state index in [2.05, 4.69) is 5.32 Å². The van der Waals surface area contributed by atoms with E-state index < -0.39 is 5.82 Å². The van der Waals surface area contributed by atoms with Gasteiger partial charge in [-0.25, -0.2) is 4.39 Å². The maximum atomic E-state index is 12.9. The summed E-state index contributed by atoms with van der Waals surface area (Å²) in [7, 11) is 1.66. The molecule has 0 saturated heterocycles. The first-order valence-corrected chi connectivity index (χ1v) is 5.89. The van der Waals surface area contributed by atoms with Crippen LogP contribution in [-0.2, 0) is 7.05 Å². The molecule has 0 bridgehead atoms. The van der Waals surface area contributed by atoms with E-state index >= 15 is 0 Å². The lowest BCUT2D eigenvalue weighted by Crippen LogP contribution is -2.16. The number of aromatic nitrogens is 1. The van der Waals surface area contributed by atoms with E-state index in [-0.39, 0.29) is 17.4 Å². The van der Waals surface area contributed by atoms with Crippen LogP contribution in [0.5, 0.6) is 5.75 Å². The Kier molecular flexibility index (Phi) is 3.55.